The Morgan fingerprint density at radius 3 is 2.47 bits per heavy atom. The molecule has 3 rings (SSSR count). The van der Waals surface area contributed by atoms with Gasteiger partial charge >= 0.3 is 5.97 Å². The van der Waals surface area contributed by atoms with Crippen LogP contribution in [0, 0.1) is 11.8 Å². The summed E-state index contributed by atoms with van der Waals surface area (Å²) in [5, 5.41) is 8.92. The van der Waals surface area contributed by atoms with Crippen molar-refractivity contribution in [2.75, 3.05) is 0 Å². The van der Waals surface area contributed by atoms with Gasteiger partial charge in [-0.25, -0.2) is 0 Å². The van der Waals surface area contributed by atoms with Crippen molar-refractivity contribution >= 4 is 11.9 Å². The minimum absolute atomic E-state index is 0.00622. The molecule has 0 aliphatic heterocycles. The van der Waals surface area contributed by atoms with E-state index in [9.17, 15) is 9.59 Å². The Labute approximate surface area is 111 Å². The maximum Gasteiger partial charge on any atom is 0.307 e. The molecule has 2 aliphatic rings. The normalized spacial score (nSPS) is 24.8. The molecule has 5 heteroatoms. The maximum absolute atomic E-state index is 12.4. The molecule has 1 heterocycles. The van der Waals surface area contributed by atoms with E-state index in [-0.39, 0.29) is 11.8 Å². The first kappa shape index (κ1) is 12.1. The summed E-state index contributed by atoms with van der Waals surface area (Å²) in [5.41, 5.74) is 1.04. The van der Waals surface area contributed by atoms with Crippen molar-refractivity contribution in [3.05, 3.63) is 30.1 Å². The zero-order valence-electron chi connectivity index (χ0n) is 10.5. The second-order valence-corrected chi connectivity index (χ2v) is 5.34. The molecule has 2 saturated carbocycles. The lowest BCUT2D eigenvalue weighted by Gasteiger charge is -2.22. The van der Waals surface area contributed by atoms with Gasteiger partial charge in [-0.3, -0.25) is 14.6 Å². The first-order valence-corrected chi connectivity index (χ1v) is 6.59. The summed E-state index contributed by atoms with van der Waals surface area (Å²) in [6.45, 7) is 0.564. The lowest BCUT2D eigenvalue weighted by molar-refractivity contribution is -0.142. The summed E-state index contributed by atoms with van der Waals surface area (Å²) in [6, 6.07) is 4.09. The highest BCUT2D eigenvalue weighted by Crippen LogP contribution is 2.42. The van der Waals surface area contributed by atoms with Crippen LogP contribution in [0.25, 0.3) is 0 Å². The minimum Gasteiger partial charge on any atom is -0.481 e. The van der Waals surface area contributed by atoms with Crippen molar-refractivity contribution in [3.8, 4) is 0 Å². The molecule has 2 atom stereocenters. The number of nitrogens with zero attached hydrogens (tertiary/aromatic N) is 2. The third-order valence-electron chi connectivity index (χ3n) is 3.80. The molecule has 1 amide bonds. The predicted octanol–water partition coefficient (Wildman–Crippen LogP) is 1.29. The van der Waals surface area contributed by atoms with Gasteiger partial charge in [0.15, 0.2) is 0 Å². The van der Waals surface area contributed by atoms with Crippen LogP contribution in [-0.4, -0.2) is 32.9 Å². The molecule has 1 N–H and O–H groups in total. The zero-order chi connectivity index (χ0) is 13.4. The van der Waals surface area contributed by atoms with E-state index in [0.29, 0.717) is 19.0 Å². The van der Waals surface area contributed by atoms with Crippen LogP contribution >= 0.6 is 0 Å². The molecule has 0 radical (unpaired) electrons. The molecule has 19 heavy (non-hydrogen) atoms. The van der Waals surface area contributed by atoms with Gasteiger partial charge < -0.3 is 10.0 Å². The van der Waals surface area contributed by atoms with Crippen LogP contribution in [0.2, 0.25) is 0 Å². The van der Waals surface area contributed by atoms with Gasteiger partial charge in [0, 0.05) is 25.0 Å². The van der Waals surface area contributed by atoms with E-state index in [4.69, 9.17) is 5.11 Å². The second kappa shape index (κ2) is 4.64. The Kier molecular flexibility index (Phi) is 2.97. The average molecular weight is 260 g/mol. The Hall–Kier alpha value is -1.91. The van der Waals surface area contributed by atoms with Crippen molar-refractivity contribution in [3.63, 3.8) is 0 Å². The molecule has 0 unspecified atom stereocenters. The quantitative estimate of drug-likeness (QED) is 0.866. The van der Waals surface area contributed by atoms with Crippen LogP contribution in [0.15, 0.2) is 24.5 Å². The summed E-state index contributed by atoms with van der Waals surface area (Å²) < 4.78 is 0. The van der Waals surface area contributed by atoms with Crippen LogP contribution in [0.3, 0.4) is 0 Å². The van der Waals surface area contributed by atoms with E-state index in [0.717, 1.165) is 18.4 Å². The number of carbonyl (C=O) groups is 2. The monoisotopic (exact) mass is 260 g/mol. The van der Waals surface area contributed by atoms with E-state index in [1.807, 2.05) is 17.0 Å². The smallest absolute Gasteiger partial charge is 0.307 e. The number of aromatic nitrogens is 1. The van der Waals surface area contributed by atoms with Crippen LogP contribution in [0.5, 0.6) is 0 Å². The summed E-state index contributed by atoms with van der Waals surface area (Å²) in [7, 11) is 0. The van der Waals surface area contributed by atoms with Crippen LogP contribution in [0.4, 0.5) is 0 Å². The average Bonchev–Trinajstić information content (AvgIpc) is 3.29. The molecular formula is C14H16N2O3. The third kappa shape index (κ3) is 2.59. The predicted molar refractivity (Wildman–Crippen MR) is 67.0 cm³/mol. The Morgan fingerprint density at radius 2 is 1.95 bits per heavy atom. The summed E-state index contributed by atoms with van der Waals surface area (Å²) >= 11 is 0. The van der Waals surface area contributed by atoms with E-state index in [1.54, 1.807) is 12.4 Å². The van der Waals surface area contributed by atoms with E-state index < -0.39 is 11.9 Å². The summed E-state index contributed by atoms with van der Waals surface area (Å²) in [4.78, 5) is 29.0. The van der Waals surface area contributed by atoms with Crippen molar-refractivity contribution in [1.82, 2.24) is 9.88 Å². The van der Waals surface area contributed by atoms with Crippen LogP contribution in [0.1, 0.15) is 24.8 Å². The molecule has 0 spiro atoms. The highest BCUT2D eigenvalue weighted by atomic mass is 16.4. The van der Waals surface area contributed by atoms with Crippen molar-refractivity contribution in [1.29, 1.82) is 0 Å². The zero-order valence-corrected chi connectivity index (χ0v) is 10.5. The number of amides is 1. The molecule has 100 valence electrons. The molecule has 1 aromatic rings. The number of hydrogen-bond acceptors (Lipinski definition) is 3. The number of rotatable bonds is 5. The van der Waals surface area contributed by atoms with Gasteiger partial charge in [-0.2, -0.15) is 0 Å². The lowest BCUT2D eigenvalue weighted by atomic mass is 10.2. The van der Waals surface area contributed by atoms with Crippen molar-refractivity contribution in [2.45, 2.75) is 31.8 Å². The van der Waals surface area contributed by atoms with Crippen molar-refractivity contribution in [2.24, 2.45) is 11.8 Å². The van der Waals surface area contributed by atoms with Crippen molar-refractivity contribution < 1.29 is 14.7 Å². The Balaban J connectivity index is 1.68. The van der Waals surface area contributed by atoms with Crippen LogP contribution < -0.4 is 0 Å². The number of carbonyl (C=O) groups excluding carboxylic acids is 1. The van der Waals surface area contributed by atoms with Gasteiger partial charge in [0.2, 0.25) is 5.91 Å². The van der Waals surface area contributed by atoms with E-state index in [2.05, 4.69) is 4.98 Å². The lowest BCUT2D eigenvalue weighted by Crippen LogP contribution is -2.34. The van der Waals surface area contributed by atoms with Gasteiger partial charge in [0.25, 0.3) is 0 Å². The molecule has 0 aromatic carbocycles. The Morgan fingerprint density at radius 1 is 1.26 bits per heavy atom. The SMILES string of the molecule is O=C(O)[C@H]1C[C@H]1C(=O)N(Cc1ccncc1)C1CC1. The van der Waals surface area contributed by atoms with Gasteiger partial charge in [-0.05, 0) is 37.0 Å². The number of carboxylic acids is 1. The molecule has 2 aliphatic carbocycles. The second-order valence-electron chi connectivity index (χ2n) is 5.34. The first-order chi connectivity index (χ1) is 9.16. The van der Waals surface area contributed by atoms with Gasteiger partial charge in [0.05, 0.1) is 11.8 Å². The fraction of sp³-hybridized carbons (Fsp3) is 0.500. The Bertz CT molecular complexity index is 499. The van der Waals surface area contributed by atoms with Gasteiger partial charge in [0.1, 0.15) is 0 Å². The van der Waals surface area contributed by atoms with E-state index in [1.165, 1.54) is 0 Å². The summed E-state index contributed by atoms with van der Waals surface area (Å²) in [6.07, 6.45) is 5.97. The van der Waals surface area contributed by atoms with Crippen LogP contribution in [-0.2, 0) is 16.1 Å². The standard InChI is InChI=1S/C14H16N2O3/c17-13(11-7-12(11)14(18)19)16(10-1-2-10)8-9-3-5-15-6-4-9/h3-6,10-12H,1-2,7-8H2,(H,18,19)/t11-,12+/m1/s1. The maximum atomic E-state index is 12.4. The number of carboxylic acid groups (broad SMARTS) is 1. The highest BCUT2D eigenvalue weighted by molar-refractivity contribution is 5.89. The number of hydrogen-bond donors (Lipinski definition) is 1. The van der Waals surface area contributed by atoms with Gasteiger partial charge in [-0.1, -0.05) is 0 Å². The molecular weight excluding hydrogens is 244 g/mol. The molecule has 1 aromatic heterocycles. The fourth-order valence-electron chi connectivity index (χ4n) is 2.41. The third-order valence-corrected chi connectivity index (χ3v) is 3.80. The first-order valence-electron chi connectivity index (χ1n) is 6.59. The number of aliphatic carboxylic acids is 1. The molecule has 0 saturated heterocycles. The molecule has 5 nitrogen and oxygen atoms in total. The number of pyridine rings is 1. The summed E-state index contributed by atoms with van der Waals surface area (Å²) in [5.74, 6) is -1.61. The minimum atomic E-state index is -0.849. The van der Waals surface area contributed by atoms with E-state index >= 15 is 0 Å². The topological polar surface area (TPSA) is 70.5 Å². The van der Waals surface area contributed by atoms with Gasteiger partial charge in [-0.15, -0.1) is 0 Å². The molecule has 2 fully saturated rings. The largest absolute Gasteiger partial charge is 0.481 e. The molecule has 0 bridgehead atoms. The highest BCUT2D eigenvalue weighted by Gasteiger charge is 2.51. The fourth-order valence-corrected chi connectivity index (χ4v) is 2.41.